The van der Waals surface area contributed by atoms with Crippen LogP contribution in [0.4, 0.5) is 11.5 Å². The van der Waals surface area contributed by atoms with Crippen LogP contribution in [0.25, 0.3) is 0 Å². The van der Waals surface area contributed by atoms with E-state index in [-0.39, 0.29) is 5.91 Å². The molecule has 0 bridgehead atoms. The Morgan fingerprint density at radius 2 is 2.24 bits per heavy atom. The van der Waals surface area contributed by atoms with E-state index in [1.165, 1.54) is 18.1 Å². The predicted molar refractivity (Wildman–Crippen MR) is 82.7 cm³/mol. The van der Waals surface area contributed by atoms with E-state index >= 15 is 0 Å². The Labute approximate surface area is 130 Å². The zero-order valence-corrected chi connectivity index (χ0v) is 13.2. The lowest BCUT2D eigenvalue weighted by Crippen LogP contribution is -2.21. The zero-order chi connectivity index (χ0) is 14.8. The minimum absolute atomic E-state index is 0.0386. The molecule has 2 aromatic rings. The molecule has 1 aliphatic heterocycles. The fourth-order valence-corrected chi connectivity index (χ4v) is 3.30. The molecule has 0 radical (unpaired) electrons. The number of amides is 1. The highest BCUT2D eigenvalue weighted by molar-refractivity contribution is 8.00. The Hall–Kier alpha value is -1.74. The standard InChI is InChI=1S/C12H14N6OS2/c1-6(2)11-18-17-8(21-11)3-13-10-9-12(15-5-14-10)20-4-7(19)16-9/h5-6H,3-4H2,1-2H3,(H,16,19)(H,13,14,15). The van der Waals surface area contributed by atoms with Crippen molar-refractivity contribution in [2.75, 3.05) is 16.4 Å². The zero-order valence-electron chi connectivity index (χ0n) is 11.6. The number of rotatable bonds is 4. The normalized spacial score (nSPS) is 14.0. The summed E-state index contributed by atoms with van der Waals surface area (Å²) >= 11 is 2.99. The minimum atomic E-state index is -0.0386. The summed E-state index contributed by atoms with van der Waals surface area (Å²) in [6.07, 6.45) is 1.49. The lowest BCUT2D eigenvalue weighted by atomic mass is 10.2. The molecule has 1 amide bonds. The first kappa shape index (κ1) is 14.2. The van der Waals surface area contributed by atoms with Gasteiger partial charge in [-0.1, -0.05) is 36.9 Å². The van der Waals surface area contributed by atoms with Crippen molar-refractivity contribution >= 4 is 40.5 Å². The van der Waals surface area contributed by atoms with Gasteiger partial charge in [-0.15, -0.1) is 10.2 Å². The van der Waals surface area contributed by atoms with Crippen LogP contribution >= 0.6 is 23.1 Å². The molecule has 0 saturated heterocycles. The van der Waals surface area contributed by atoms with E-state index in [0.717, 1.165) is 15.0 Å². The summed E-state index contributed by atoms with van der Waals surface area (Å²) in [6.45, 7) is 4.70. The molecular weight excluding hydrogens is 308 g/mol. The third-order valence-corrected chi connectivity index (χ3v) is 5.01. The molecule has 0 unspecified atom stereocenters. The van der Waals surface area contributed by atoms with Crippen molar-refractivity contribution in [1.82, 2.24) is 20.2 Å². The van der Waals surface area contributed by atoms with Crippen LogP contribution in [0.2, 0.25) is 0 Å². The van der Waals surface area contributed by atoms with Crippen LogP contribution in [0.5, 0.6) is 0 Å². The van der Waals surface area contributed by atoms with Crippen LogP contribution in [0.1, 0.15) is 29.8 Å². The Kier molecular flexibility index (Phi) is 4.02. The maximum absolute atomic E-state index is 11.5. The van der Waals surface area contributed by atoms with Crippen molar-refractivity contribution in [2.24, 2.45) is 0 Å². The summed E-state index contributed by atoms with van der Waals surface area (Å²) < 4.78 is 0. The first-order chi connectivity index (χ1) is 10.1. The molecule has 21 heavy (non-hydrogen) atoms. The number of fused-ring (bicyclic) bond motifs is 1. The van der Waals surface area contributed by atoms with Crippen LogP contribution in [0.15, 0.2) is 11.4 Å². The van der Waals surface area contributed by atoms with E-state index in [2.05, 4.69) is 44.6 Å². The predicted octanol–water partition coefficient (Wildman–Crippen LogP) is 2.11. The van der Waals surface area contributed by atoms with Crippen LogP contribution < -0.4 is 10.6 Å². The molecule has 2 N–H and O–H groups in total. The summed E-state index contributed by atoms with van der Waals surface area (Å²) in [5, 5.41) is 17.0. The quantitative estimate of drug-likeness (QED) is 0.833. The maximum atomic E-state index is 11.5. The van der Waals surface area contributed by atoms with Crippen molar-refractivity contribution in [3.05, 3.63) is 16.3 Å². The Morgan fingerprint density at radius 3 is 3.00 bits per heavy atom. The van der Waals surface area contributed by atoms with Crippen molar-refractivity contribution in [3.8, 4) is 0 Å². The molecule has 0 fully saturated rings. The molecule has 3 heterocycles. The van der Waals surface area contributed by atoms with Crippen LogP contribution in [0.3, 0.4) is 0 Å². The van der Waals surface area contributed by atoms with Gasteiger partial charge in [-0.2, -0.15) is 0 Å². The van der Waals surface area contributed by atoms with Gasteiger partial charge >= 0.3 is 0 Å². The molecule has 2 aromatic heterocycles. The number of carbonyl (C=O) groups is 1. The smallest absolute Gasteiger partial charge is 0.234 e. The Morgan fingerprint density at radius 1 is 1.38 bits per heavy atom. The van der Waals surface area contributed by atoms with Crippen LogP contribution in [-0.4, -0.2) is 31.8 Å². The van der Waals surface area contributed by atoms with Gasteiger partial charge in [-0.25, -0.2) is 9.97 Å². The topological polar surface area (TPSA) is 92.7 Å². The van der Waals surface area contributed by atoms with E-state index in [1.54, 1.807) is 11.3 Å². The van der Waals surface area contributed by atoms with E-state index in [9.17, 15) is 4.79 Å². The second kappa shape index (κ2) is 5.94. The number of nitrogens with zero attached hydrogens (tertiary/aromatic N) is 4. The summed E-state index contributed by atoms with van der Waals surface area (Å²) in [7, 11) is 0. The summed E-state index contributed by atoms with van der Waals surface area (Å²) in [5.41, 5.74) is 0.646. The largest absolute Gasteiger partial charge is 0.362 e. The highest BCUT2D eigenvalue weighted by Gasteiger charge is 2.20. The number of nitrogens with one attached hydrogen (secondary N) is 2. The van der Waals surface area contributed by atoms with E-state index in [0.29, 0.717) is 29.7 Å². The average molecular weight is 322 g/mol. The monoisotopic (exact) mass is 322 g/mol. The number of anilines is 2. The van der Waals surface area contributed by atoms with Crippen LogP contribution in [-0.2, 0) is 11.3 Å². The average Bonchev–Trinajstić information content (AvgIpc) is 2.94. The van der Waals surface area contributed by atoms with E-state index in [1.807, 2.05) is 0 Å². The molecule has 0 atom stereocenters. The van der Waals surface area contributed by atoms with Gasteiger partial charge in [0.2, 0.25) is 5.91 Å². The van der Waals surface area contributed by atoms with Crippen molar-refractivity contribution in [3.63, 3.8) is 0 Å². The molecule has 0 aliphatic carbocycles. The number of aromatic nitrogens is 4. The number of carbonyl (C=O) groups excluding carboxylic acids is 1. The van der Waals surface area contributed by atoms with Gasteiger partial charge < -0.3 is 10.6 Å². The van der Waals surface area contributed by atoms with Crippen molar-refractivity contribution in [2.45, 2.75) is 31.3 Å². The molecule has 0 spiro atoms. The maximum Gasteiger partial charge on any atom is 0.234 e. The number of hydrogen-bond acceptors (Lipinski definition) is 8. The second-order valence-electron chi connectivity index (χ2n) is 4.78. The second-order valence-corrected chi connectivity index (χ2v) is 6.84. The molecule has 110 valence electrons. The van der Waals surface area contributed by atoms with Gasteiger partial charge in [0, 0.05) is 5.92 Å². The highest BCUT2D eigenvalue weighted by atomic mass is 32.2. The molecular formula is C12H14N6OS2. The Balaban J connectivity index is 1.74. The molecule has 0 saturated carbocycles. The van der Waals surface area contributed by atoms with Crippen molar-refractivity contribution < 1.29 is 4.79 Å². The lowest BCUT2D eigenvalue weighted by Gasteiger charge is -2.17. The number of thioether (sulfide) groups is 1. The fraction of sp³-hybridized carbons (Fsp3) is 0.417. The third-order valence-electron chi connectivity index (χ3n) is 2.80. The summed E-state index contributed by atoms with van der Waals surface area (Å²) in [4.78, 5) is 19.9. The minimum Gasteiger partial charge on any atom is -0.362 e. The SMILES string of the molecule is CC(C)c1nnc(CNc2ncnc3c2NC(=O)CS3)s1. The lowest BCUT2D eigenvalue weighted by molar-refractivity contribution is -0.113. The van der Waals surface area contributed by atoms with Gasteiger partial charge in [0.1, 0.15) is 27.1 Å². The molecule has 3 rings (SSSR count). The van der Waals surface area contributed by atoms with Gasteiger partial charge in [-0.3, -0.25) is 4.79 Å². The van der Waals surface area contributed by atoms with Gasteiger partial charge in [-0.05, 0) is 0 Å². The highest BCUT2D eigenvalue weighted by Crippen LogP contribution is 2.33. The number of hydrogen-bond donors (Lipinski definition) is 2. The molecule has 0 aromatic carbocycles. The Bertz CT molecular complexity index is 672. The molecule has 1 aliphatic rings. The fourth-order valence-electron chi connectivity index (χ4n) is 1.77. The van der Waals surface area contributed by atoms with Gasteiger partial charge in [0.15, 0.2) is 5.82 Å². The molecule has 9 heteroatoms. The third kappa shape index (κ3) is 3.13. The first-order valence-corrected chi connectivity index (χ1v) is 8.27. The molecule has 7 nitrogen and oxygen atoms in total. The van der Waals surface area contributed by atoms with Gasteiger partial charge in [0.25, 0.3) is 0 Å². The first-order valence-electron chi connectivity index (χ1n) is 6.47. The summed E-state index contributed by atoms with van der Waals surface area (Å²) in [5.74, 6) is 1.33. The van der Waals surface area contributed by atoms with E-state index in [4.69, 9.17) is 0 Å². The van der Waals surface area contributed by atoms with E-state index < -0.39 is 0 Å². The van der Waals surface area contributed by atoms with Gasteiger partial charge in [0.05, 0.1) is 12.3 Å². The van der Waals surface area contributed by atoms with Crippen LogP contribution in [0, 0.1) is 0 Å². The van der Waals surface area contributed by atoms with Crippen molar-refractivity contribution in [1.29, 1.82) is 0 Å². The summed E-state index contributed by atoms with van der Waals surface area (Å²) in [6, 6.07) is 0.